The molecule has 0 atom stereocenters. The predicted octanol–water partition coefficient (Wildman–Crippen LogP) is 3.18. The highest BCUT2D eigenvalue weighted by Crippen LogP contribution is 2.29. The Morgan fingerprint density at radius 3 is 2.44 bits per heavy atom. The maximum absolute atomic E-state index is 10.9. The maximum Gasteiger partial charge on any atom is 0.311 e. The van der Waals surface area contributed by atoms with Crippen LogP contribution in [0.3, 0.4) is 0 Å². The molecule has 6 heteroatoms. The lowest BCUT2D eigenvalue weighted by molar-refractivity contribution is -0.384. The minimum Gasteiger partial charge on any atom is -0.324 e. The standard InChI is InChI=1S/C12H11N3O2.ClH/c1-14(10-6-3-2-4-7-10)12-11(15(16)17)8-5-9-13-12;/h2-9H,1H3;1H. The zero-order valence-electron chi connectivity index (χ0n) is 9.69. The van der Waals surface area contributed by atoms with Gasteiger partial charge in [-0.2, -0.15) is 0 Å². The lowest BCUT2D eigenvalue weighted by Gasteiger charge is -2.17. The minimum atomic E-state index is -0.429. The fourth-order valence-electron chi connectivity index (χ4n) is 1.56. The van der Waals surface area contributed by atoms with Gasteiger partial charge < -0.3 is 4.90 Å². The van der Waals surface area contributed by atoms with Crippen LogP contribution >= 0.6 is 12.4 Å². The molecule has 18 heavy (non-hydrogen) atoms. The van der Waals surface area contributed by atoms with E-state index in [9.17, 15) is 10.1 Å². The van der Waals surface area contributed by atoms with Crippen LogP contribution < -0.4 is 4.90 Å². The molecular formula is C12H12ClN3O2. The molecule has 0 saturated heterocycles. The van der Waals surface area contributed by atoms with Crippen LogP contribution in [0.4, 0.5) is 17.2 Å². The Morgan fingerprint density at radius 2 is 1.83 bits per heavy atom. The monoisotopic (exact) mass is 265 g/mol. The summed E-state index contributed by atoms with van der Waals surface area (Å²) in [5.41, 5.74) is 0.855. The highest BCUT2D eigenvalue weighted by atomic mass is 35.5. The topological polar surface area (TPSA) is 59.3 Å². The van der Waals surface area contributed by atoms with Crippen molar-refractivity contribution in [1.29, 1.82) is 0 Å². The van der Waals surface area contributed by atoms with Gasteiger partial charge in [0.1, 0.15) is 0 Å². The zero-order chi connectivity index (χ0) is 12.3. The molecular weight excluding hydrogens is 254 g/mol. The number of hydrogen-bond acceptors (Lipinski definition) is 4. The molecule has 0 aliphatic heterocycles. The van der Waals surface area contributed by atoms with Crippen LogP contribution in [-0.2, 0) is 0 Å². The SMILES string of the molecule is CN(c1ccccc1)c1ncccc1[N+](=O)[O-].Cl. The minimum absolute atomic E-state index is 0. The van der Waals surface area contributed by atoms with Gasteiger partial charge in [0.05, 0.1) is 4.92 Å². The number of anilines is 2. The molecule has 1 heterocycles. The zero-order valence-corrected chi connectivity index (χ0v) is 10.5. The first kappa shape index (κ1) is 13.9. The van der Waals surface area contributed by atoms with E-state index < -0.39 is 4.92 Å². The summed E-state index contributed by atoms with van der Waals surface area (Å²) in [5.74, 6) is 0.337. The van der Waals surface area contributed by atoms with Gasteiger partial charge in [0.2, 0.25) is 5.82 Å². The van der Waals surface area contributed by atoms with Crippen LogP contribution in [0.25, 0.3) is 0 Å². The van der Waals surface area contributed by atoms with Crippen molar-refractivity contribution < 1.29 is 4.92 Å². The third kappa shape index (κ3) is 2.75. The first-order valence-corrected chi connectivity index (χ1v) is 5.08. The number of halogens is 1. The Labute approximate surface area is 111 Å². The Bertz CT molecular complexity index is 534. The summed E-state index contributed by atoms with van der Waals surface area (Å²) in [6.45, 7) is 0. The average molecular weight is 266 g/mol. The van der Waals surface area contributed by atoms with Crippen molar-refractivity contribution >= 4 is 29.6 Å². The van der Waals surface area contributed by atoms with E-state index in [4.69, 9.17) is 0 Å². The predicted molar refractivity (Wildman–Crippen MR) is 72.6 cm³/mol. The quantitative estimate of drug-likeness (QED) is 0.632. The second-order valence-corrected chi connectivity index (χ2v) is 3.50. The van der Waals surface area contributed by atoms with Crippen molar-refractivity contribution in [3.8, 4) is 0 Å². The summed E-state index contributed by atoms with van der Waals surface area (Å²) >= 11 is 0. The van der Waals surface area contributed by atoms with E-state index in [0.717, 1.165) is 5.69 Å². The highest BCUT2D eigenvalue weighted by Gasteiger charge is 2.18. The summed E-state index contributed by atoms with van der Waals surface area (Å²) in [7, 11) is 1.75. The molecule has 0 saturated carbocycles. The van der Waals surface area contributed by atoms with Crippen molar-refractivity contribution in [2.24, 2.45) is 0 Å². The van der Waals surface area contributed by atoms with Gasteiger partial charge in [-0.15, -0.1) is 12.4 Å². The molecule has 5 nitrogen and oxygen atoms in total. The Kier molecular flexibility index (Phi) is 4.62. The van der Waals surface area contributed by atoms with Crippen molar-refractivity contribution in [2.75, 3.05) is 11.9 Å². The number of pyridine rings is 1. The first-order valence-electron chi connectivity index (χ1n) is 5.08. The molecule has 94 valence electrons. The largest absolute Gasteiger partial charge is 0.324 e. The fourth-order valence-corrected chi connectivity index (χ4v) is 1.56. The number of benzene rings is 1. The summed E-state index contributed by atoms with van der Waals surface area (Å²) in [6, 6.07) is 12.4. The lowest BCUT2D eigenvalue weighted by Crippen LogP contribution is -2.12. The van der Waals surface area contributed by atoms with E-state index >= 15 is 0 Å². The van der Waals surface area contributed by atoms with E-state index in [1.54, 1.807) is 24.2 Å². The van der Waals surface area contributed by atoms with Gasteiger partial charge in [0, 0.05) is 25.0 Å². The van der Waals surface area contributed by atoms with E-state index in [-0.39, 0.29) is 18.1 Å². The van der Waals surface area contributed by atoms with Crippen molar-refractivity contribution in [1.82, 2.24) is 4.98 Å². The number of nitrogens with zero attached hydrogens (tertiary/aromatic N) is 3. The van der Waals surface area contributed by atoms with Gasteiger partial charge >= 0.3 is 5.69 Å². The molecule has 1 aromatic carbocycles. The molecule has 0 bridgehead atoms. The van der Waals surface area contributed by atoms with E-state index in [1.807, 2.05) is 30.3 Å². The lowest BCUT2D eigenvalue weighted by atomic mass is 10.3. The van der Waals surface area contributed by atoms with Gasteiger partial charge in [-0.1, -0.05) is 18.2 Å². The first-order chi connectivity index (χ1) is 8.20. The fraction of sp³-hybridized carbons (Fsp3) is 0.0833. The van der Waals surface area contributed by atoms with E-state index in [1.165, 1.54) is 6.07 Å². The van der Waals surface area contributed by atoms with Crippen LogP contribution in [0.5, 0.6) is 0 Å². The van der Waals surface area contributed by atoms with Crippen LogP contribution in [0.2, 0.25) is 0 Å². The number of rotatable bonds is 3. The molecule has 0 fully saturated rings. The van der Waals surface area contributed by atoms with Crippen molar-refractivity contribution in [3.05, 3.63) is 58.8 Å². The molecule has 1 aromatic heterocycles. The van der Waals surface area contributed by atoms with Gasteiger partial charge in [0.25, 0.3) is 0 Å². The van der Waals surface area contributed by atoms with Crippen LogP contribution in [-0.4, -0.2) is 17.0 Å². The Hall–Kier alpha value is -2.14. The molecule has 0 spiro atoms. The molecule has 0 radical (unpaired) electrons. The summed E-state index contributed by atoms with van der Waals surface area (Å²) in [5, 5.41) is 10.9. The maximum atomic E-state index is 10.9. The molecule has 0 unspecified atom stereocenters. The van der Waals surface area contributed by atoms with Crippen molar-refractivity contribution in [3.63, 3.8) is 0 Å². The third-order valence-corrected chi connectivity index (χ3v) is 2.42. The average Bonchev–Trinajstić information content (AvgIpc) is 2.39. The molecule has 0 aliphatic carbocycles. The van der Waals surface area contributed by atoms with E-state index in [0.29, 0.717) is 5.82 Å². The third-order valence-electron chi connectivity index (χ3n) is 2.42. The molecule has 0 aliphatic rings. The summed E-state index contributed by atoms with van der Waals surface area (Å²) in [6.07, 6.45) is 1.54. The Balaban J connectivity index is 0.00000162. The number of para-hydroxylation sites is 1. The second kappa shape index (κ2) is 5.97. The normalized spacial score (nSPS) is 9.39. The summed E-state index contributed by atoms with van der Waals surface area (Å²) < 4.78 is 0. The van der Waals surface area contributed by atoms with Gasteiger partial charge in [-0.25, -0.2) is 4.98 Å². The molecule has 0 N–H and O–H groups in total. The van der Waals surface area contributed by atoms with Crippen LogP contribution in [0.1, 0.15) is 0 Å². The van der Waals surface area contributed by atoms with Gasteiger partial charge in [-0.3, -0.25) is 10.1 Å². The van der Waals surface area contributed by atoms with Gasteiger partial charge in [0.15, 0.2) is 0 Å². The second-order valence-electron chi connectivity index (χ2n) is 3.50. The number of nitro groups is 1. The van der Waals surface area contributed by atoms with Crippen LogP contribution in [0.15, 0.2) is 48.7 Å². The Morgan fingerprint density at radius 1 is 1.17 bits per heavy atom. The molecule has 2 aromatic rings. The number of aromatic nitrogens is 1. The smallest absolute Gasteiger partial charge is 0.311 e. The van der Waals surface area contributed by atoms with Crippen molar-refractivity contribution in [2.45, 2.75) is 0 Å². The number of hydrogen-bond donors (Lipinski definition) is 0. The van der Waals surface area contributed by atoms with E-state index in [2.05, 4.69) is 4.98 Å². The van der Waals surface area contributed by atoms with Crippen LogP contribution in [0, 0.1) is 10.1 Å². The summed E-state index contributed by atoms with van der Waals surface area (Å²) in [4.78, 5) is 16.2. The highest BCUT2D eigenvalue weighted by molar-refractivity contribution is 5.85. The molecule has 0 amide bonds. The molecule has 2 rings (SSSR count). The van der Waals surface area contributed by atoms with Gasteiger partial charge in [-0.05, 0) is 18.2 Å².